The van der Waals surface area contributed by atoms with E-state index in [2.05, 4.69) is 22.0 Å². The predicted octanol–water partition coefficient (Wildman–Crippen LogP) is 3.60. The van der Waals surface area contributed by atoms with Gasteiger partial charge in [-0.1, -0.05) is 18.2 Å². The summed E-state index contributed by atoms with van der Waals surface area (Å²) in [5.74, 6) is 2.06. The molecule has 0 bridgehead atoms. The molecular formula is C21H35IN4O. The molecule has 0 spiro atoms. The summed E-state index contributed by atoms with van der Waals surface area (Å²) in [6.07, 6.45) is 6.30. The van der Waals surface area contributed by atoms with Crippen molar-refractivity contribution in [3.05, 3.63) is 30.3 Å². The Bertz CT molecular complexity index is 540. The van der Waals surface area contributed by atoms with Gasteiger partial charge in [-0.25, -0.2) is 0 Å². The lowest BCUT2D eigenvalue weighted by molar-refractivity contribution is 0.129. The number of likely N-dealkylation sites (tertiary alicyclic amines) is 2. The Hall–Kier alpha value is -1.02. The van der Waals surface area contributed by atoms with Gasteiger partial charge < -0.3 is 19.9 Å². The summed E-state index contributed by atoms with van der Waals surface area (Å²) in [5, 5.41) is 3.47. The van der Waals surface area contributed by atoms with Gasteiger partial charge in [0.1, 0.15) is 11.9 Å². The molecule has 2 saturated heterocycles. The number of nitrogens with zero attached hydrogens (tertiary/aromatic N) is 3. The van der Waals surface area contributed by atoms with E-state index in [0.29, 0.717) is 6.10 Å². The zero-order valence-corrected chi connectivity index (χ0v) is 18.9. The van der Waals surface area contributed by atoms with E-state index in [1.807, 2.05) is 30.3 Å². The smallest absolute Gasteiger partial charge is 0.193 e. The maximum absolute atomic E-state index is 6.11. The SMILES string of the molecule is CCNC(=NCCCN1CCCC1)N1CCC(Oc2ccccc2)CC1.I. The summed E-state index contributed by atoms with van der Waals surface area (Å²) >= 11 is 0. The summed E-state index contributed by atoms with van der Waals surface area (Å²) in [6.45, 7) is 9.74. The molecule has 27 heavy (non-hydrogen) atoms. The Morgan fingerprint density at radius 2 is 1.81 bits per heavy atom. The van der Waals surface area contributed by atoms with Gasteiger partial charge >= 0.3 is 0 Å². The number of para-hydroxylation sites is 1. The van der Waals surface area contributed by atoms with Crippen LogP contribution < -0.4 is 10.1 Å². The number of halogens is 1. The van der Waals surface area contributed by atoms with Gasteiger partial charge in [-0.3, -0.25) is 4.99 Å². The first-order valence-corrected chi connectivity index (χ1v) is 10.3. The Morgan fingerprint density at radius 1 is 1.11 bits per heavy atom. The molecule has 0 aliphatic carbocycles. The van der Waals surface area contributed by atoms with Crippen LogP contribution in [0.3, 0.4) is 0 Å². The van der Waals surface area contributed by atoms with E-state index in [0.717, 1.165) is 57.2 Å². The highest BCUT2D eigenvalue weighted by Gasteiger charge is 2.22. The number of rotatable bonds is 7. The molecule has 3 rings (SSSR count). The molecule has 0 unspecified atom stereocenters. The molecule has 152 valence electrons. The highest BCUT2D eigenvalue weighted by molar-refractivity contribution is 14.0. The van der Waals surface area contributed by atoms with Gasteiger partial charge in [0.05, 0.1) is 0 Å². The van der Waals surface area contributed by atoms with E-state index in [4.69, 9.17) is 9.73 Å². The van der Waals surface area contributed by atoms with E-state index in [-0.39, 0.29) is 24.0 Å². The molecule has 1 N–H and O–H groups in total. The highest BCUT2D eigenvalue weighted by Crippen LogP contribution is 2.18. The normalized spacial score (nSPS) is 19.0. The number of nitrogens with one attached hydrogen (secondary N) is 1. The zero-order valence-electron chi connectivity index (χ0n) is 16.6. The predicted molar refractivity (Wildman–Crippen MR) is 123 cm³/mol. The van der Waals surface area contributed by atoms with E-state index >= 15 is 0 Å². The Morgan fingerprint density at radius 3 is 2.48 bits per heavy atom. The zero-order chi connectivity index (χ0) is 18.0. The third-order valence-corrected chi connectivity index (χ3v) is 5.22. The molecule has 2 heterocycles. The Balaban J connectivity index is 0.00000261. The molecular weight excluding hydrogens is 451 g/mol. The van der Waals surface area contributed by atoms with Crippen molar-refractivity contribution < 1.29 is 4.74 Å². The van der Waals surface area contributed by atoms with E-state index in [1.54, 1.807) is 0 Å². The van der Waals surface area contributed by atoms with Crippen LogP contribution in [0.1, 0.15) is 39.0 Å². The first-order valence-electron chi connectivity index (χ1n) is 10.3. The average Bonchev–Trinajstić information content (AvgIpc) is 3.19. The monoisotopic (exact) mass is 486 g/mol. The number of piperidine rings is 1. The number of ether oxygens (including phenoxy) is 1. The largest absolute Gasteiger partial charge is 0.490 e. The number of hydrogen-bond acceptors (Lipinski definition) is 3. The molecule has 2 fully saturated rings. The van der Waals surface area contributed by atoms with Crippen LogP contribution in [-0.4, -0.2) is 67.7 Å². The summed E-state index contributed by atoms with van der Waals surface area (Å²) in [7, 11) is 0. The minimum absolute atomic E-state index is 0. The maximum Gasteiger partial charge on any atom is 0.193 e. The van der Waals surface area contributed by atoms with Gasteiger partial charge in [0.2, 0.25) is 0 Å². The molecule has 5 nitrogen and oxygen atoms in total. The highest BCUT2D eigenvalue weighted by atomic mass is 127. The second-order valence-corrected chi connectivity index (χ2v) is 7.26. The van der Waals surface area contributed by atoms with Crippen LogP contribution in [0.4, 0.5) is 0 Å². The van der Waals surface area contributed by atoms with E-state index in [1.165, 1.54) is 32.5 Å². The summed E-state index contributed by atoms with van der Waals surface area (Å²) in [4.78, 5) is 9.83. The van der Waals surface area contributed by atoms with Crippen LogP contribution in [0.2, 0.25) is 0 Å². The van der Waals surface area contributed by atoms with Gasteiger partial charge in [0.25, 0.3) is 0 Å². The van der Waals surface area contributed by atoms with Crippen LogP contribution in [-0.2, 0) is 0 Å². The van der Waals surface area contributed by atoms with Crippen LogP contribution in [0.15, 0.2) is 35.3 Å². The minimum atomic E-state index is 0. The summed E-state index contributed by atoms with van der Waals surface area (Å²) < 4.78 is 6.11. The van der Waals surface area contributed by atoms with Gasteiger partial charge in [-0.15, -0.1) is 24.0 Å². The van der Waals surface area contributed by atoms with E-state index in [9.17, 15) is 0 Å². The second kappa shape index (κ2) is 12.4. The van der Waals surface area contributed by atoms with Gasteiger partial charge in [0, 0.05) is 39.0 Å². The average molecular weight is 486 g/mol. The minimum Gasteiger partial charge on any atom is -0.490 e. The molecule has 0 saturated carbocycles. The number of guanidine groups is 1. The van der Waals surface area contributed by atoms with Crippen molar-refractivity contribution >= 4 is 29.9 Å². The lowest BCUT2D eigenvalue weighted by Crippen LogP contribution is -2.47. The van der Waals surface area contributed by atoms with Crippen molar-refractivity contribution in [1.82, 2.24) is 15.1 Å². The fourth-order valence-electron chi connectivity index (χ4n) is 3.79. The van der Waals surface area contributed by atoms with Crippen LogP contribution in [0, 0.1) is 0 Å². The topological polar surface area (TPSA) is 40.1 Å². The lowest BCUT2D eigenvalue weighted by Gasteiger charge is -2.34. The molecule has 6 heteroatoms. The van der Waals surface area contributed by atoms with E-state index < -0.39 is 0 Å². The summed E-state index contributed by atoms with van der Waals surface area (Å²) in [5.41, 5.74) is 0. The number of benzene rings is 1. The van der Waals surface area contributed by atoms with Crippen molar-refractivity contribution in [3.8, 4) is 5.75 Å². The molecule has 1 aromatic carbocycles. The third kappa shape index (κ3) is 7.49. The van der Waals surface area contributed by atoms with Crippen LogP contribution >= 0.6 is 24.0 Å². The van der Waals surface area contributed by atoms with Crippen molar-refractivity contribution in [2.75, 3.05) is 45.8 Å². The maximum atomic E-state index is 6.11. The quantitative estimate of drug-likeness (QED) is 0.277. The molecule has 2 aliphatic heterocycles. The first-order chi connectivity index (χ1) is 12.8. The molecule has 0 atom stereocenters. The van der Waals surface area contributed by atoms with Gasteiger partial charge in [-0.2, -0.15) is 0 Å². The summed E-state index contributed by atoms with van der Waals surface area (Å²) in [6, 6.07) is 10.2. The fraction of sp³-hybridized carbons (Fsp3) is 0.667. The van der Waals surface area contributed by atoms with Crippen molar-refractivity contribution in [1.29, 1.82) is 0 Å². The number of aliphatic imine (C=N–C) groups is 1. The first kappa shape index (κ1) is 22.3. The molecule has 2 aliphatic rings. The standard InChI is InChI=1S/C21H34N4O.HI/c1-2-22-21(23-13-8-16-24-14-6-7-15-24)25-17-11-20(12-18-25)26-19-9-4-3-5-10-19;/h3-5,9-10,20H,2,6-8,11-18H2,1H3,(H,22,23);1H. The van der Waals surface area contributed by atoms with Crippen molar-refractivity contribution in [2.24, 2.45) is 4.99 Å². The molecule has 1 aromatic rings. The fourth-order valence-corrected chi connectivity index (χ4v) is 3.79. The lowest BCUT2D eigenvalue weighted by atomic mass is 10.1. The Labute approximate surface area is 181 Å². The molecule has 0 aromatic heterocycles. The number of hydrogen-bond donors (Lipinski definition) is 1. The molecule has 0 radical (unpaired) electrons. The van der Waals surface area contributed by atoms with Gasteiger partial charge in [0.15, 0.2) is 5.96 Å². The van der Waals surface area contributed by atoms with Crippen LogP contribution in [0.25, 0.3) is 0 Å². The second-order valence-electron chi connectivity index (χ2n) is 7.26. The molecule has 0 amide bonds. The third-order valence-electron chi connectivity index (χ3n) is 5.22. The van der Waals surface area contributed by atoms with Crippen LogP contribution in [0.5, 0.6) is 5.75 Å². The van der Waals surface area contributed by atoms with Crippen molar-refractivity contribution in [2.45, 2.75) is 45.1 Å². The van der Waals surface area contributed by atoms with Gasteiger partial charge in [-0.05, 0) is 58.0 Å². The van der Waals surface area contributed by atoms with Crippen molar-refractivity contribution in [3.63, 3.8) is 0 Å². The Kier molecular flexibility index (Phi) is 10.3.